The maximum atomic E-state index is 11.2. The number of aryl methyl sites for hydroxylation is 2. The monoisotopic (exact) mass is 290 g/mol. The number of carboxylic acids is 1. The van der Waals surface area contributed by atoms with E-state index in [4.69, 9.17) is 4.74 Å². The van der Waals surface area contributed by atoms with Crippen molar-refractivity contribution in [3.05, 3.63) is 70.8 Å². The number of rotatable bonds is 3. The minimum absolute atomic E-state index is 0. The maximum absolute atomic E-state index is 11.2. The summed E-state index contributed by atoms with van der Waals surface area (Å²) in [4.78, 5) is 11.2. The molecule has 102 valence electrons. The van der Waals surface area contributed by atoms with Gasteiger partial charge in [0.25, 0.3) is 0 Å². The van der Waals surface area contributed by atoms with Crippen LogP contribution < -0.4 is 34.7 Å². The van der Waals surface area contributed by atoms with E-state index in [-0.39, 0.29) is 29.6 Å². The number of benzene rings is 2. The molecule has 1 saturated heterocycles. The molecule has 0 amide bonds. The van der Waals surface area contributed by atoms with E-state index in [1.54, 1.807) is 0 Å². The van der Waals surface area contributed by atoms with Gasteiger partial charge in [-0.1, -0.05) is 59.7 Å². The van der Waals surface area contributed by atoms with E-state index >= 15 is 0 Å². The van der Waals surface area contributed by atoms with Gasteiger partial charge in [0.1, 0.15) is 6.10 Å². The van der Waals surface area contributed by atoms with Crippen LogP contribution in [-0.4, -0.2) is 12.1 Å². The van der Waals surface area contributed by atoms with Crippen LogP contribution in [0.15, 0.2) is 48.5 Å². The Kier molecular flexibility index (Phi) is 4.59. The molecule has 3 rings (SSSR count). The maximum Gasteiger partial charge on any atom is 1.00 e. The van der Waals surface area contributed by atoms with E-state index in [2.05, 4.69) is 0 Å². The molecule has 1 atom stereocenters. The molecule has 3 nitrogen and oxygen atoms in total. The molecule has 1 aliphatic heterocycles. The molecule has 1 aliphatic rings. The molecule has 0 aliphatic carbocycles. The normalized spacial score (nSPS) is 18.7. The summed E-state index contributed by atoms with van der Waals surface area (Å²) in [6.45, 7) is 3.98. The largest absolute Gasteiger partial charge is 1.00 e. The van der Waals surface area contributed by atoms with Gasteiger partial charge in [-0.05, 0) is 25.0 Å². The fourth-order valence-electron chi connectivity index (χ4n) is 2.57. The van der Waals surface area contributed by atoms with Crippen molar-refractivity contribution < 1.29 is 44.2 Å². The van der Waals surface area contributed by atoms with Crippen LogP contribution in [0.25, 0.3) is 0 Å². The molecule has 2 aromatic carbocycles. The van der Waals surface area contributed by atoms with Crippen molar-refractivity contribution in [1.29, 1.82) is 0 Å². The molecule has 0 N–H and O–H groups in total. The van der Waals surface area contributed by atoms with E-state index < -0.39 is 17.7 Å². The second kappa shape index (κ2) is 5.93. The molecule has 1 heterocycles. The van der Waals surface area contributed by atoms with Crippen LogP contribution in [-0.2, 0) is 15.1 Å². The summed E-state index contributed by atoms with van der Waals surface area (Å²) in [5, 5.41) is 11.2. The Labute approximate surface area is 146 Å². The van der Waals surface area contributed by atoms with Gasteiger partial charge in [-0.3, -0.25) is 0 Å². The van der Waals surface area contributed by atoms with Crippen LogP contribution in [0.1, 0.15) is 22.3 Å². The van der Waals surface area contributed by atoms with Gasteiger partial charge in [0.2, 0.25) is 0 Å². The van der Waals surface area contributed by atoms with Crippen LogP contribution in [0.3, 0.4) is 0 Å². The van der Waals surface area contributed by atoms with Crippen LogP contribution >= 0.6 is 0 Å². The van der Waals surface area contributed by atoms with Crippen molar-refractivity contribution in [3.8, 4) is 0 Å². The molecule has 1 unspecified atom stereocenters. The molecule has 0 aromatic heterocycles. The zero-order valence-electron chi connectivity index (χ0n) is 12.4. The SMILES string of the molecule is Cc1ccc(C2(c3ccc(C)cc3)OC2C(=O)[O-])cc1.[Na+]. The summed E-state index contributed by atoms with van der Waals surface area (Å²) in [6, 6.07) is 15.5. The summed E-state index contributed by atoms with van der Waals surface area (Å²) in [5.74, 6) is -1.17. The molecule has 0 saturated carbocycles. The molecule has 0 spiro atoms. The van der Waals surface area contributed by atoms with Crippen LogP contribution in [0.4, 0.5) is 0 Å². The van der Waals surface area contributed by atoms with Crippen LogP contribution in [0, 0.1) is 13.8 Å². The molecule has 0 bridgehead atoms. The number of hydrogen-bond acceptors (Lipinski definition) is 3. The van der Waals surface area contributed by atoms with Crippen molar-refractivity contribution in [3.63, 3.8) is 0 Å². The summed E-state index contributed by atoms with van der Waals surface area (Å²) in [7, 11) is 0. The van der Waals surface area contributed by atoms with Gasteiger partial charge < -0.3 is 14.6 Å². The van der Waals surface area contributed by atoms with Crippen molar-refractivity contribution in [2.75, 3.05) is 0 Å². The fraction of sp³-hybridized carbons (Fsp3) is 0.235. The van der Waals surface area contributed by atoms with E-state index in [0.717, 1.165) is 22.3 Å². The first-order valence-electron chi connectivity index (χ1n) is 6.57. The number of hydrogen-bond donors (Lipinski definition) is 0. The van der Waals surface area contributed by atoms with Crippen molar-refractivity contribution in [2.24, 2.45) is 0 Å². The van der Waals surface area contributed by atoms with Crippen molar-refractivity contribution in [1.82, 2.24) is 0 Å². The molecule has 1 fully saturated rings. The smallest absolute Gasteiger partial charge is 0.547 e. The van der Waals surface area contributed by atoms with Crippen molar-refractivity contribution in [2.45, 2.75) is 25.6 Å². The third-order valence-corrected chi connectivity index (χ3v) is 3.79. The number of aliphatic carboxylic acids is 1. The minimum atomic E-state index is -1.17. The van der Waals surface area contributed by atoms with E-state index in [1.165, 1.54) is 0 Å². The van der Waals surface area contributed by atoms with Crippen LogP contribution in [0.5, 0.6) is 0 Å². The van der Waals surface area contributed by atoms with Gasteiger partial charge in [0.15, 0.2) is 5.60 Å². The second-order valence-corrected chi connectivity index (χ2v) is 5.28. The predicted molar refractivity (Wildman–Crippen MR) is 73.0 cm³/mol. The number of carbonyl (C=O) groups is 1. The predicted octanol–water partition coefficient (Wildman–Crippen LogP) is -1.30. The Morgan fingerprint density at radius 1 is 0.952 bits per heavy atom. The van der Waals surface area contributed by atoms with Gasteiger partial charge in [0.05, 0.1) is 5.97 Å². The first kappa shape index (κ1) is 16.2. The van der Waals surface area contributed by atoms with Gasteiger partial charge in [-0.15, -0.1) is 0 Å². The average Bonchev–Trinajstić information content (AvgIpc) is 3.17. The fourth-order valence-corrected chi connectivity index (χ4v) is 2.57. The third kappa shape index (κ3) is 2.79. The van der Waals surface area contributed by atoms with Crippen molar-refractivity contribution >= 4 is 5.97 Å². The Morgan fingerprint density at radius 2 is 1.33 bits per heavy atom. The van der Waals surface area contributed by atoms with E-state index in [1.807, 2.05) is 62.4 Å². The minimum Gasteiger partial charge on any atom is -0.547 e. The van der Waals surface area contributed by atoms with Gasteiger partial charge in [-0.25, -0.2) is 0 Å². The molecule has 0 radical (unpaired) electrons. The standard InChI is InChI=1S/C17H16O3.Na/c1-11-3-7-13(8-4-11)17(15(20-17)16(18)19)14-9-5-12(2)6-10-14;/h3-10,15H,1-2H3,(H,18,19);/q;+1/p-1. The summed E-state index contributed by atoms with van der Waals surface area (Å²) < 4.78 is 5.56. The zero-order chi connectivity index (χ0) is 14.3. The summed E-state index contributed by atoms with van der Waals surface area (Å²) in [5.41, 5.74) is 3.04. The number of carboxylic acid groups (broad SMARTS) is 1. The Morgan fingerprint density at radius 3 is 1.62 bits per heavy atom. The van der Waals surface area contributed by atoms with Gasteiger partial charge >= 0.3 is 29.6 Å². The summed E-state index contributed by atoms with van der Waals surface area (Å²) >= 11 is 0. The number of carbonyl (C=O) groups excluding carboxylic acids is 1. The van der Waals surface area contributed by atoms with Crippen LogP contribution in [0.2, 0.25) is 0 Å². The Bertz CT molecular complexity index is 601. The topological polar surface area (TPSA) is 52.7 Å². The zero-order valence-corrected chi connectivity index (χ0v) is 14.4. The van der Waals surface area contributed by atoms with Gasteiger partial charge in [-0.2, -0.15) is 0 Å². The number of ether oxygens (including phenoxy) is 1. The molecular formula is C17H15NaO3. The van der Waals surface area contributed by atoms with E-state index in [0.29, 0.717) is 0 Å². The molecule has 21 heavy (non-hydrogen) atoms. The molecular weight excluding hydrogens is 275 g/mol. The first-order chi connectivity index (χ1) is 9.54. The average molecular weight is 290 g/mol. The summed E-state index contributed by atoms with van der Waals surface area (Å²) in [6.07, 6.45) is -0.923. The Hall–Kier alpha value is -1.13. The second-order valence-electron chi connectivity index (χ2n) is 5.28. The van der Waals surface area contributed by atoms with E-state index in [9.17, 15) is 9.90 Å². The quantitative estimate of drug-likeness (QED) is 0.521. The molecule has 2 aromatic rings. The Balaban J connectivity index is 0.00000161. The first-order valence-corrected chi connectivity index (χ1v) is 6.57. The van der Waals surface area contributed by atoms with Gasteiger partial charge in [0, 0.05) is 0 Å². The third-order valence-electron chi connectivity index (χ3n) is 3.79. The molecule has 4 heteroatoms. The number of epoxide rings is 1.